The summed E-state index contributed by atoms with van der Waals surface area (Å²) in [5.41, 5.74) is 4.22. The van der Waals surface area contributed by atoms with Crippen molar-refractivity contribution in [3.63, 3.8) is 0 Å². The molecule has 0 bridgehead atoms. The minimum absolute atomic E-state index is 0.240. The first-order valence-electron chi connectivity index (χ1n) is 7.32. The summed E-state index contributed by atoms with van der Waals surface area (Å²) in [6.45, 7) is 0. The summed E-state index contributed by atoms with van der Waals surface area (Å²) in [7, 11) is 0. The number of aromatic hydroxyl groups is 1. The Kier molecular flexibility index (Phi) is 4.50. The highest BCUT2D eigenvalue weighted by atomic mass is 79.9. The van der Waals surface area contributed by atoms with Crippen LogP contribution in [0.2, 0.25) is 0 Å². The Morgan fingerprint density at radius 1 is 0.957 bits per heavy atom. The van der Waals surface area contributed by atoms with Crippen LogP contribution in [0, 0.1) is 11.3 Å². The van der Waals surface area contributed by atoms with Gasteiger partial charge in [-0.25, -0.2) is 0 Å². The maximum Gasteiger partial charge on any atom is 0.115 e. The van der Waals surface area contributed by atoms with Crippen LogP contribution in [0.25, 0.3) is 16.9 Å². The standard InChI is InChI=1S/C19H15BrN2O/c20-15-5-3-14(4-6-15)19-12-9-16(2-1-13-21)22(19)17-7-10-18(23)11-8-17/h3-12,23H,1-2H2. The average molecular weight is 367 g/mol. The number of phenolic OH excluding ortho intramolecular Hbond substituents is 1. The van der Waals surface area contributed by atoms with E-state index in [0.29, 0.717) is 12.8 Å². The van der Waals surface area contributed by atoms with Gasteiger partial charge >= 0.3 is 0 Å². The highest BCUT2D eigenvalue weighted by Crippen LogP contribution is 2.29. The van der Waals surface area contributed by atoms with E-state index in [9.17, 15) is 5.11 Å². The van der Waals surface area contributed by atoms with Gasteiger partial charge in [0.05, 0.1) is 11.8 Å². The highest BCUT2D eigenvalue weighted by molar-refractivity contribution is 9.10. The molecule has 0 aliphatic carbocycles. The molecule has 0 aliphatic rings. The fraction of sp³-hybridized carbons (Fsp3) is 0.105. The predicted octanol–water partition coefficient (Wildman–Crippen LogP) is 5.07. The summed E-state index contributed by atoms with van der Waals surface area (Å²) < 4.78 is 3.17. The SMILES string of the molecule is N#CCCc1ccc(-c2ccc(Br)cc2)n1-c1ccc(O)cc1. The van der Waals surface area contributed by atoms with Crippen molar-refractivity contribution in [3.05, 3.63) is 70.8 Å². The minimum atomic E-state index is 0.240. The van der Waals surface area contributed by atoms with Crippen LogP contribution in [0.1, 0.15) is 12.1 Å². The molecule has 3 nitrogen and oxygen atoms in total. The fourth-order valence-corrected chi connectivity index (χ4v) is 2.87. The maximum absolute atomic E-state index is 9.52. The summed E-state index contributed by atoms with van der Waals surface area (Å²) in [6.07, 6.45) is 1.16. The van der Waals surface area contributed by atoms with Gasteiger partial charge in [-0.2, -0.15) is 5.26 Å². The van der Waals surface area contributed by atoms with E-state index in [4.69, 9.17) is 5.26 Å². The molecule has 0 fully saturated rings. The Morgan fingerprint density at radius 2 is 1.65 bits per heavy atom. The number of phenols is 1. The lowest BCUT2D eigenvalue weighted by molar-refractivity contribution is 0.475. The van der Waals surface area contributed by atoms with Gasteiger partial charge in [0.15, 0.2) is 0 Å². The van der Waals surface area contributed by atoms with Crippen LogP contribution in [0.15, 0.2) is 65.1 Å². The first-order chi connectivity index (χ1) is 11.2. The van der Waals surface area contributed by atoms with Crippen LogP contribution in [-0.4, -0.2) is 9.67 Å². The van der Waals surface area contributed by atoms with E-state index in [0.717, 1.165) is 27.1 Å². The Labute approximate surface area is 143 Å². The van der Waals surface area contributed by atoms with Gasteiger partial charge < -0.3 is 9.67 Å². The van der Waals surface area contributed by atoms with E-state index in [1.54, 1.807) is 12.1 Å². The maximum atomic E-state index is 9.52. The van der Waals surface area contributed by atoms with Gasteiger partial charge in [0.2, 0.25) is 0 Å². The molecule has 1 aromatic heterocycles. The molecule has 0 unspecified atom stereocenters. The lowest BCUT2D eigenvalue weighted by Crippen LogP contribution is -2.02. The topological polar surface area (TPSA) is 49.0 Å². The Balaban J connectivity index is 2.12. The molecule has 114 valence electrons. The van der Waals surface area contributed by atoms with Crippen LogP contribution in [0.5, 0.6) is 5.75 Å². The van der Waals surface area contributed by atoms with Gasteiger partial charge in [0.1, 0.15) is 5.75 Å². The molecule has 23 heavy (non-hydrogen) atoms. The first-order valence-corrected chi connectivity index (χ1v) is 8.11. The average Bonchev–Trinajstić information content (AvgIpc) is 2.98. The number of benzene rings is 2. The molecule has 1 N–H and O–H groups in total. The van der Waals surface area contributed by atoms with Crippen molar-refractivity contribution in [2.75, 3.05) is 0 Å². The molecule has 0 atom stereocenters. The Hall–Kier alpha value is -2.51. The predicted molar refractivity (Wildman–Crippen MR) is 94.5 cm³/mol. The fourth-order valence-electron chi connectivity index (χ4n) is 2.61. The Morgan fingerprint density at radius 3 is 2.30 bits per heavy atom. The van der Waals surface area contributed by atoms with E-state index < -0.39 is 0 Å². The number of nitriles is 1. The number of aryl methyl sites for hydroxylation is 1. The van der Waals surface area contributed by atoms with Gasteiger partial charge in [0.25, 0.3) is 0 Å². The van der Waals surface area contributed by atoms with E-state index in [1.165, 1.54) is 0 Å². The zero-order valence-corrected chi connectivity index (χ0v) is 14.0. The van der Waals surface area contributed by atoms with Gasteiger partial charge in [-0.05, 0) is 54.1 Å². The summed E-state index contributed by atoms with van der Waals surface area (Å²) in [6, 6.07) is 21.6. The van der Waals surface area contributed by atoms with Crippen LogP contribution in [0.4, 0.5) is 0 Å². The molecule has 2 aromatic carbocycles. The van der Waals surface area contributed by atoms with Crippen molar-refractivity contribution >= 4 is 15.9 Å². The van der Waals surface area contributed by atoms with Gasteiger partial charge in [-0.15, -0.1) is 0 Å². The number of hydrogen-bond acceptors (Lipinski definition) is 2. The van der Waals surface area contributed by atoms with E-state index in [1.807, 2.05) is 24.3 Å². The number of aromatic nitrogens is 1. The molecule has 3 rings (SSSR count). The third-order valence-corrected chi connectivity index (χ3v) is 4.23. The number of nitrogens with zero attached hydrogens (tertiary/aromatic N) is 2. The lowest BCUT2D eigenvalue weighted by Gasteiger charge is -2.14. The molecule has 0 spiro atoms. The van der Waals surface area contributed by atoms with Crippen molar-refractivity contribution in [3.8, 4) is 28.8 Å². The molecule has 3 aromatic rings. The monoisotopic (exact) mass is 366 g/mol. The van der Waals surface area contributed by atoms with Gasteiger partial charge in [-0.1, -0.05) is 28.1 Å². The number of rotatable bonds is 4. The lowest BCUT2D eigenvalue weighted by atomic mass is 10.1. The van der Waals surface area contributed by atoms with E-state index in [2.05, 4.69) is 50.8 Å². The highest BCUT2D eigenvalue weighted by Gasteiger charge is 2.12. The molecule has 0 saturated heterocycles. The molecule has 0 aliphatic heterocycles. The molecule has 0 amide bonds. The van der Waals surface area contributed by atoms with Gasteiger partial charge in [-0.3, -0.25) is 0 Å². The van der Waals surface area contributed by atoms with Crippen LogP contribution in [-0.2, 0) is 6.42 Å². The normalized spacial score (nSPS) is 10.4. The zero-order valence-electron chi connectivity index (χ0n) is 12.4. The minimum Gasteiger partial charge on any atom is -0.508 e. The molecular formula is C19H15BrN2O. The molecular weight excluding hydrogens is 352 g/mol. The van der Waals surface area contributed by atoms with E-state index >= 15 is 0 Å². The van der Waals surface area contributed by atoms with Crippen molar-refractivity contribution in [2.45, 2.75) is 12.8 Å². The number of hydrogen-bond donors (Lipinski definition) is 1. The van der Waals surface area contributed by atoms with Crippen molar-refractivity contribution in [1.82, 2.24) is 4.57 Å². The quantitative estimate of drug-likeness (QED) is 0.700. The van der Waals surface area contributed by atoms with Crippen LogP contribution >= 0.6 is 15.9 Å². The summed E-state index contributed by atoms with van der Waals surface area (Å²) in [4.78, 5) is 0. The van der Waals surface area contributed by atoms with E-state index in [-0.39, 0.29) is 5.75 Å². The largest absolute Gasteiger partial charge is 0.508 e. The van der Waals surface area contributed by atoms with Gasteiger partial charge in [0, 0.05) is 28.7 Å². The molecule has 1 heterocycles. The molecule has 4 heteroatoms. The molecule has 0 radical (unpaired) electrons. The smallest absolute Gasteiger partial charge is 0.115 e. The summed E-state index contributed by atoms with van der Waals surface area (Å²) in [5.74, 6) is 0.240. The van der Waals surface area contributed by atoms with Crippen molar-refractivity contribution in [1.29, 1.82) is 5.26 Å². The number of halogens is 1. The van der Waals surface area contributed by atoms with Crippen LogP contribution in [0.3, 0.4) is 0 Å². The Bertz CT molecular complexity index is 843. The molecule has 0 saturated carbocycles. The third kappa shape index (κ3) is 3.30. The zero-order chi connectivity index (χ0) is 16.2. The first kappa shape index (κ1) is 15.4. The summed E-state index contributed by atoms with van der Waals surface area (Å²) >= 11 is 3.46. The summed E-state index contributed by atoms with van der Waals surface area (Å²) in [5, 5.41) is 18.4. The third-order valence-electron chi connectivity index (χ3n) is 3.70. The second kappa shape index (κ2) is 6.72. The second-order valence-electron chi connectivity index (χ2n) is 5.23. The van der Waals surface area contributed by atoms with Crippen molar-refractivity contribution < 1.29 is 5.11 Å². The van der Waals surface area contributed by atoms with Crippen molar-refractivity contribution in [2.24, 2.45) is 0 Å². The second-order valence-corrected chi connectivity index (χ2v) is 6.14. The van der Waals surface area contributed by atoms with Crippen LogP contribution < -0.4 is 0 Å².